The lowest BCUT2D eigenvalue weighted by atomic mass is 9.98. The van der Waals surface area contributed by atoms with Gasteiger partial charge in [-0.2, -0.15) is 0 Å². The third-order valence-corrected chi connectivity index (χ3v) is 15.1. The van der Waals surface area contributed by atoms with Gasteiger partial charge in [-0.25, -0.2) is 0 Å². The fourth-order valence-corrected chi connectivity index (χ4v) is 10.3. The molecular weight excluding hydrogens is 701 g/mol. The summed E-state index contributed by atoms with van der Waals surface area (Å²) >= 11 is 0. The van der Waals surface area contributed by atoms with Crippen LogP contribution in [-0.4, -0.2) is 16.1 Å². The third kappa shape index (κ3) is 6.43. The number of hydrogen-bond donors (Lipinski definition) is 0. The molecule has 0 aliphatic heterocycles. The molecule has 0 aliphatic carbocycles. The Morgan fingerprint density at radius 2 is 0.691 bits per heavy atom. The number of para-hydroxylation sites is 2. The molecule has 0 saturated heterocycles. The van der Waals surface area contributed by atoms with Gasteiger partial charge in [0.05, 0.1) is 16.1 Å². The van der Waals surface area contributed by atoms with Crippen molar-refractivity contribution < 1.29 is 4.42 Å². The molecule has 0 bridgehead atoms. The van der Waals surface area contributed by atoms with Gasteiger partial charge in [-0.15, -0.1) is 0 Å². The van der Waals surface area contributed by atoms with Crippen LogP contribution >= 0.6 is 0 Å². The van der Waals surface area contributed by atoms with Crippen LogP contribution in [0, 0.1) is 0 Å². The van der Waals surface area contributed by atoms with Gasteiger partial charge in [0, 0.05) is 44.9 Å². The average molecular weight is 747 g/mol. The molecule has 5 heteroatoms. The van der Waals surface area contributed by atoms with Crippen LogP contribution in [0.4, 0.5) is 34.1 Å². The third-order valence-electron chi connectivity index (χ3n) is 10.9. The van der Waals surface area contributed by atoms with Crippen LogP contribution in [0.25, 0.3) is 43.5 Å². The zero-order chi connectivity index (χ0) is 37.9. The van der Waals surface area contributed by atoms with Gasteiger partial charge in [-0.1, -0.05) is 135 Å². The second-order valence-corrected chi connectivity index (χ2v) is 26.9. The Labute approximate surface area is 326 Å². The van der Waals surface area contributed by atoms with Crippen molar-refractivity contribution in [1.82, 2.24) is 0 Å². The van der Waals surface area contributed by atoms with Gasteiger partial charge in [0.15, 0.2) is 0 Å². The van der Waals surface area contributed by atoms with E-state index < -0.39 is 16.1 Å². The topological polar surface area (TPSA) is 19.6 Å². The van der Waals surface area contributed by atoms with Crippen LogP contribution < -0.4 is 20.2 Å². The van der Waals surface area contributed by atoms with Crippen LogP contribution in [0.1, 0.15) is 0 Å². The predicted molar refractivity (Wildman–Crippen MR) is 244 cm³/mol. The van der Waals surface area contributed by atoms with Crippen molar-refractivity contribution in [2.24, 2.45) is 0 Å². The number of nitrogens with zero attached hydrogens (tertiary/aromatic N) is 2. The second kappa shape index (κ2) is 13.4. The summed E-state index contributed by atoms with van der Waals surface area (Å²) in [6.45, 7) is 14.4. The van der Waals surface area contributed by atoms with Crippen molar-refractivity contribution in [3.63, 3.8) is 0 Å². The predicted octanol–water partition coefficient (Wildman–Crippen LogP) is 13.9. The van der Waals surface area contributed by atoms with E-state index in [9.17, 15) is 0 Å². The number of rotatable bonds is 8. The molecule has 0 N–H and O–H groups in total. The minimum absolute atomic E-state index is 0.905. The molecule has 0 aliphatic rings. The molecule has 0 atom stereocenters. The molecule has 0 fully saturated rings. The number of benzene rings is 8. The monoisotopic (exact) mass is 746 g/mol. The standard InChI is InChI=1S/C50H46N2OSi2/c1-54(2,3)43-25-19-39(20-26-43)51(37-13-9-7-10-14-37)41-23-29-45-35(33-41)17-31-47-49(45)50-46-30-24-42(34-36(46)18-32-48(50)53-47)52(38-15-11-8-12-16-38)40-21-27-44(28-22-40)55(4,5)6/h7-34H,1-6H3. The summed E-state index contributed by atoms with van der Waals surface area (Å²) in [5, 5.41) is 9.96. The van der Waals surface area contributed by atoms with Crippen molar-refractivity contribution in [3.05, 3.63) is 170 Å². The molecule has 8 aromatic carbocycles. The summed E-state index contributed by atoms with van der Waals surface area (Å²) in [5.74, 6) is 0. The summed E-state index contributed by atoms with van der Waals surface area (Å²) in [6, 6.07) is 62.1. The van der Waals surface area contributed by atoms with Crippen molar-refractivity contribution in [1.29, 1.82) is 0 Å². The Bertz CT molecular complexity index is 2620. The van der Waals surface area contributed by atoms with E-state index in [2.05, 4.69) is 219 Å². The molecule has 0 saturated carbocycles. The first kappa shape index (κ1) is 34.9. The normalized spacial score (nSPS) is 12.2. The SMILES string of the molecule is C[Si](C)(C)c1ccc(N(c2ccccc2)c2ccc3c(ccc4oc5ccc6cc(N(c7ccccc7)c7ccc([Si](C)(C)C)cc7)ccc6c5c43)c2)cc1. The lowest BCUT2D eigenvalue weighted by Crippen LogP contribution is -2.37. The van der Waals surface area contributed by atoms with Gasteiger partial charge in [0.25, 0.3) is 0 Å². The molecule has 9 aromatic rings. The summed E-state index contributed by atoms with van der Waals surface area (Å²) in [4.78, 5) is 4.72. The molecule has 3 nitrogen and oxygen atoms in total. The minimum Gasteiger partial charge on any atom is -0.456 e. The maximum atomic E-state index is 6.56. The lowest BCUT2D eigenvalue weighted by Gasteiger charge is -2.27. The van der Waals surface area contributed by atoms with Crippen molar-refractivity contribution >= 4 is 104 Å². The Kier molecular flexibility index (Phi) is 8.52. The Morgan fingerprint density at radius 1 is 0.345 bits per heavy atom. The zero-order valence-corrected chi connectivity index (χ0v) is 34.5. The van der Waals surface area contributed by atoms with Gasteiger partial charge in [-0.05, 0) is 106 Å². The number of fused-ring (bicyclic) bond motifs is 7. The Morgan fingerprint density at radius 3 is 1.05 bits per heavy atom. The minimum atomic E-state index is -1.42. The van der Waals surface area contributed by atoms with E-state index >= 15 is 0 Å². The van der Waals surface area contributed by atoms with Crippen LogP contribution in [0.5, 0.6) is 0 Å². The van der Waals surface area contributed by atoms with E-state index in [1.54, 1.807) is 0 Å². The van der Waals surface area contributed by atoms with Crippen LogP contribution in [0.3, 0.4) is 0 Å². The second-order valence-electron chi connectivity index (χ2n) is 16.7. The maximum absolute atomic E-state index is 6.56. The molecule has 1 aromatic heterocycles. The summed E-state index contributed by atoms with van der Waals surface area (Å²) in [7, 11) is -2.85. The van der Waals surface area contributed by atoms with Crippen molar-refractivity contribution in [2.75, 3.05) is 9.80 Å². The van der Waals surface area contributed by atoms with Crippen molar-refractivity contribution in [3.8, 4) is 0 Å². The van der Waals surface area contributed by atoms with Crippen molar-refractivity contribution in [2.45, 2.75) is 39.3 Å². The van der Waals surface area contributed by atoms with E-state index in [0.29, 0.717) is 0 Å². The first-order chi connectivity index (χ1) is 26.5. The first-order valence-corrected chi connectivity index (χ1v) is 26.3. The number of hydrogen-bond acceptors (Lipinski definition) is 3. The van der Waals surface area contributed by atoms with Gasteiger partial charge >= 0.3 is 0 Å². The van der Waals surface area contributed by atoms with Gasteiger partial charge < -0.3 is 14.2 Å². The van der Waals surface area contributed by atoms with Gasteiger partial charge in [0.2, 0.25) is 0 Å². The highest BCUT2D eigenvalue weighted by Crippen LogP contribution is 2.43. The fourth-order valence-electron chi connectivity index (χ4n) is 7.95. The summed E-state index contributed by atoms with van der Waals surface area (Å²) in [6.07, 6.45) is 0. The molecule has 9 rings (SSSR count). The molecule has 55 heavy (non-hydrogen) atoms. The van der Waals surface area contributed by atoms with Gasteiger partial charge in [-0.3, -0.25) is 0 Å². The highest BCUT2D eigenvalue weighted by atomic mass is 28.3. The van der Waals surface area contributed by atoms with Gasteiger partial charge in [0.1, 0.15) is 11.2 Å². The summed E-state index contributed by atoms with van der Waals surface area (Å²) < 4.78 is 6.56. The van der Waals surface area contributed by atoms with E-state index in [1.165, 1.54) is 31.9 Å². The average Bonchev–Trinajstić information content (AvgIpc) is 3.58. The Balaban J connectivity index is 1.17. The molecular formula is C50H46N2OSi2. The lowest BCUT2D eigenvalue weighted by molar-refractivity contribution is 0.669. The molecule has 0 radical (unpaired) electrons. The van der Waals surface area contributed by atoms with E-state index in [4.69, 9.17) is 4.42 Å². The zero-order valence-electron chi connectivity index (χ0n) is 32.5. The first-order valence-electron chi connectivity index (χ1n) is 19.3. The van der Waals surface area contributed by atoms with Crippen LogP contribution in [-0.2, 0) is 0 Å². The maximum Gasteiger partial charge on any atom is 0.136 e. The van der Waals surface area contributed by atoms with Crippen LogP contribution in [0.2, 0.25) is 39.3 Å². The molecule has 1 heterocycles. The summed E-state index contributed by atoms with van der Waals surface area (Å²) in [5.41, 5.74) is 8.64. The molecule has 0 amide bonds. The molecule has 270 valence electrons. The molecule has 0 unspecified atom stereocenters. The van der Waals surface area contributed by atoms with E-state index in [0.717, 1.165) is 56.1 Å². The quantitative estimate of drug-likeness (QED) is 0.144. The largest absolute Gasteiger partial charge is 0.456 e. The molecule has 0 spiro atoms. The highest BCUT2D eigenvalue weighted by molar-refractivity contribution is 6.89. The van der Waals surface area contributed by atoms with E-state index in [1.807, 2.05) is 0 Å². The smallest absolute Gasteiger partial charge is 0.136 e. The Hall–Kier alpha value is -5.89. The number of furan rings is 1. The van der Waals surface area contributed by atoms with Crippen LogP contribution in [0.15, 0.2) is 174 Å². The van der Waals surface area contributed by atoms with E-state index in [-0.39, 0.29) is 0 Å². The highest BCUT2D eigenvalue weighted by Gasteiger charge is 2.21. The fraction of sp³-hybridized carbons (Fsp3) is 0.120. The number of anilines is 6.